The lowest BCUT2D eigenvalue weighted by Crippen LogP contribution is -2.52. The highest BCUT2D eigenvalue weighted by Gasteiger charge is 2.31. The number of piperazine rings is 1. The highest BCUT2D eigenvalue weighted by atomic mass is 16.2. The second-order valence-corrected chi connectivity index (χ2v) is 9.57. The first-order chi connectivity index (χ1) is 17.9. The van der Waals surface area contributed by atoms with Gasteiger partial charge >= 0.3 is 0 Å². The highest BCUT2D eigenvalue weighted by Crippen LogP contribution is 2.29. The number of hydrogen-bond donors (Lipinski definition) is 0. The number of benzene rings is 2. The van der Waals surface area contributed by atoms with Crippen LogP contribution in [0.4, 0.5) is 0 Å². The van der Waals surface area contributed by atoms with Crippen LogP contribution in [0.5, 0.6) is 0 Å². The van der Waals surface area contributed by atoms with E-state index in [2.05, 4.69) is 63.6 Å². The predicted molar refractivity (Wildman–Crippen MR) is 143 cm³/mol. The van der Waals surface area contributed by atoms with E-state index in [0.29, 0.717) is 18.9 Å². The Balaban J connectivity index is 1.32. The van der Waals surface area contributed by atoms with Gasteiger partial charge < -0.3 is 4.90 Å². The van der Waals surface area contributed by atoms with Gasteiger partial charge in [0.25, 0.3) is 5.56 Å². The molecule has 3 heterocycles. The monoisotopic (exact) mass is 496 g/mol. The van der Waals surface area contributed by atoms with E-state index in [9.17, 15) is 9.59 Å². The molecule has 2 aromatic heterocycles. The van der Waals surface area contributed by atoms with Crippen LogP contribution in [0.15, 0.2) is 83.7 Å². The largest absolute Gasteiger partial charge is 0.338 e. The number of hydrogen-bond acceptors (Lipinski definition) is 5. The molecule has 8 heteroatoms. The third-order valence-corrected chi connectivity index (χ3v) is 6.98. The van der Waals surface area contributed by atoms with Crippen LogP contribution in [-0.4, -0.2) is 61.4 Å². The van der Waals surface area contributed by atoms with Crippen LogP contribution < -0.4 is 5.56 Å². The molecule has 0 saturated carbocycles. The van der Waals surface area contributed by atoms with Gasteiger partial charge in [0.15, 0.2) is 5.82 Å². The fraction of sp³-hybridized carbons (Fsp3) is 0.310. The second kappa shape index (κ2) is 10.5. The van der Waals surface area contributed by atoms with E-state index in [-0.39, 0.29) is 17.5 Å². The van der Waals surface area contributed by atoms with Crippen LogP contribution in [0.1, 0.15) is 41.5 Å². The highest BCUT2D eigenvalue weighted by molar-refractivity contribution is 5.80. The number of rotatable bonds is 6. The molecule has 1 atom stereocenters. The topological polar surface area (TPSA) is 76.3 Å². The number of carbonyl (C=O) groups excluding carboxylic acids is 1. The lowest BCUT2D eigenvalue weighted by atomic mass is 9.96. The molecular formula is C29H32N6O2. The van der Waals surface area contributed by atoms with E-state index < -0.39 is 6.04 Å². The third-order valence-electron chi connectivity index (χ3n) is 6.98. The molecule has 5 rings (SSSR count). The lowest BCUT2D eigenvalue weighted by Gasteiger charge is -2.40. The van der Waals surface area contributed by atoms with Crippen molar-refractivity contribution in [2.24, 2.45) is 0 Å². The van der Waals surface area contributed by atoms with Gasteiger partial charge in [-0.2, -0.15) is 5.10 Å². The number of amides is 1. The summed E-state index contributed by atoms with van der Waals surface area (Å²) in [4.78, 5) is 30.4. The van der Waals surface area contributed by atoms with Crippen LogP contribution in [0.3, 0.4) is 0 Å². The fourth-order valence-corrected chi connectivity index (χ4v) is 5.12. The van der Waals surface area contributed by atoms with Crippen molar-refractivity contribution < 1.29 is 4.79 Å². The van der Waals surface area contributed by atoms with Crippen LogP contribution in [0.25, 0.3) is 5.82 Å². The van der Waals surface area contributed by atoms with E-state index in [4.69, 9.17) is 0 Å². The summed E-state index contributed by atoms with van der Waals surface area (Å²) >= 11 is 0. The maximum Gasteiger partial charge on any atom is 0.267 e. The summed E-state index contributed by atoms with van der Waals surface area (Å²) in [6.07, 6.45) is 0. The van der Waals surface area contributed by atoms with Gasteiger partial charge in [-0.15, -0.1) is 5.10 Å². The van der Waals surface area contributed by atoms with Crippen LogP contribution >= 0.6 is 0 Å². The molecule has 1 saturated heterocycles. The molecule has 0 bridgehead atoms. The van der Waals surface area contributed by atoms with Crippen LogP contribution in [0, 0.1) is 13.8 Å². The molecule has 1 aliphatic heterocycles. The molecule has 1 aliphatic rings. The zero-order chi connectivity index (χ0) is 25.9. The molecular weight excluding hydrogens is 464 g/mol. The molecule has 1 amide bonds. The summed E-state index contributed by atoms with van der Waals surface area (Å²) in [5.74, 6) is 0.416. The van der Waals surface area contributed by atoms with Gasteiger partial charge in [0, 0.05) is 37.9 Å². The smallest absolute Gasteiger partial charge is 0.267 e. The van der Waals surface area contributed by atoms with E-state index in [1.54, 1.807) is 17.7 Å². The molecule has 0 aliphatic carbocycles. The lowest BCUT2D eigenvalue weighted by molar-refractivity contribution is -0.136. The Morgan fingerprint density at radius 3 is 1.95 bits per heavy atom. The van der Waals surface area contributed by atoms with Crippen molar-refractivity contribution in [3.63, 3.8) is 0 Å². The first kappa shape index (κ1) is 24.6. The Kier molecular flexibility index (Phi) is 7.01. The zero-order valence-corrected chi connectivity index (χ0v) is 21.5. The SMILES string of the molecule is Cc1cc(C)n(-c2ccc(=O)n(C(C)C(=O)N3CCN(C(c4ccccc4)c4ccccc4)CC3)n2)n1. The maximum absolute atomic E-state index is 13.5. The molecule has 0 N–H and O–H groups in total. The van der Waals surface area contributed by atoms with Gasteiger partial charge in [0.05, 0.1) is 11.7 Å². The quantitative estimate of drug-likeness (QED) is 0.408. The standard InChI is InChI=1S/C29H32N6O2/c1-21-20-22(2)34(30-21)26-14-15-27(36)35(31-26)23(3)29(37)33-18-16-32(17-19-33)28(24-10-6-4-7-11-24)25-12-8-5-9-13-25/h4-15,20,23,28H,16-19H2,1-3H3. The molecule has 4 aromatic rings. The van der Waals surface area contributed by atoms with Crippen molar-refractivity contribution >= 4 is 5.91 Å². The molecule has 190 valence electrons. The predicted octanol–water partition coefficient (Wildman–Crippen LogP) is 3.54. The molecule has 2 aromatic carbocycles. The average Bonchev–Trinajstić information content (AvgIpc) is 3.27. The summed E-state index contributed by atoms with van der Waals surface area (Å²) in [6, 6.07) is 25.4. The Morgan fingerprint density at radius 1 is 0.811 bits per heavy atom. The van der Waals surface area contributed by atoms with Gasteiger partial charge in [0.2, 0.25) is 5.91 Å². The van der Waals surface area contributed by atoms with Gasteiger partial charge in [-0.05, 0) is 44.0 Å². The third kappa shape index (κ3) is 5.11. The summed E-state index contributed by atoms with van der Waals surface area (Å²) in [5.41, 5.74) is 3.94. The fourth-order valence-electron chi connectivity index (χ4n) is 5.12. The van der Waals surface area contributed by atoms with Crippen molar-refractivity contribution in [3.05, 3.63) is 112 Å². The Labute approximate surface area is 216 Å². The number of aromatic nitrogens is 4. The van der Waals surface area contributed by atoms with Gasteiger partial charge in [0.1, 0.15) is 6.04 Å². The first-order valence-electron chi connectivity index (χ1n) is 12.7. The summed E-state index contributed by atoms with van der Waals surface area (Å²) < 4.78 is 2.96. The summed E-state index contributed by atoms with van der Waals surface area (Å²) in [6.45, 7) is 8.23. The van der Waals surface area contributed by atoms with Crippen LogP contribution in [0.2, 0.25) is 0 Å². The van der Waals surface area contributed by atoms with Crippen molar-refractivity contribution in [1.82, 2.24) is 29.4 Å². The second-order valence-electron chi connectivity index (χ2n) is 9.57. The van der Waals surface area contributed by atoms with Crippen molar-refractivity contribution in [2.75, 3.05) is 26.2 Å². The maximum atomic E-state index is 13.5. The number of carbonyl (C=O) groups is 1. The normalized spacial score (nSPS) is 15.2. The minimum absolute atomic E-state index is 0.101. The minimum atomic E-state index is -0.713. The number of nitrogens with zero attached hydrogens (tertiary/aromatic N) is 6. The Morgan fingerprint density at radius 2 is 1.41 bits per heavy atom. The van der Waals surface area contributed by atoms with E-state index in [1.807, 2.05) is 36.9 Å². The minimum Gasteiger partial charge on any atom is -0.338 e. The molecule has 1 unspecified atom stereocenters. The van der Waals surface area contributed by atoms with E-state index in [0.717, 1.165) is 24.5 Å². The molecule has 0 spiro atoms. The van der Waals surface area contributed by atoms with E-state index >= 15 is 0 Å². The Bertz CT molecular complexity index is 1380. The van der Waals surface area contributed by atoms with Crippen molar-refractivity contribution in [3.8, 4) is 5.82 Å². The van der Waals surface area contributed by atoms with Gasteiger partial charge in [-0.1, -0.05) is 60.7 Å². The van der Waals surface area contributed by atoms with Gasteiger partial charge in [-0.3, -0.25) is 14.5 Å². The Hall–Kier alpha value is -4.04. The first-order valence-corrected chi connectivity index (χ1v) is 12.7. The molecule has 0 radical (unpaired) electrons. The van der Waals surface area contributed by atoms with Crippen LogP contribution in [-0.2, 0) is 4.79 Å². The van der Waals surface area contributed by atoms with Crippen molar-refractivity contribution in [2.45, 2.75) is 32.9 Å². The van der Waals surface area contributed by atoms with Gasteiger partial charge in [-0.25, -0.2) is 9.36 Å². The zero-order valence-electron chi connectivity index (χ0n) is 21.5. The average molecular weight is 497 g/mol. The molecule has 1 fully saturated rings. The van der Waals surface area contributed by atoms with Crippen molar-refractivity contribution in [1.29, 1.82) is 0 Å². The number of aryl methyl sites for hydroxylation is 2. The molecule has 8 nitrogen and oxygen atoms in total. The molecule has 37 heavy (non-hydrogen) atoms. The summed E-state index contributed by atoms with van der Waals surface area (Å²) in [7, 11) is 0. The van der Waals surface area contributed by atoms with E-state index in [1.165, 1.54) is 21.9 Å². The summed E-state index contributed by atoms with van der Waals surface area (Å²) in [5, 5.41) is 8.96.